The smallest absolute Gasteiger partial charge is 0.394 e. The number of benzene rings is 1. The third kappa shape index (κ3) is 3.69. The lowest BCUT2D eigenvalue weighted by Crippen LogP contribution is -2.33. The van der Waals surface area contributed by atoms with E-state index >= 15 is 0 Å². The van der Waals surface area contributed by atoms with Gasteiger partial charge in [0.15, 0.2) is 23.2 Å². The molecule has 2 aromatic heterocycles. The Labute approximate surface area is 167 Å². The summed E-state index contributed by atoms with van der Waals surface area (Å²) in [6.07, 6.45) is -6.42. The molecule has 4 atom stereocenters. The summed E-state index contributed by atoms with van der Waals surface area (Å²) >= 11 is 0. The fraction of sp³-hybridized carbons (Fsp3) is 0.389. The maximum absolute atomic E-state index is 12.9. The molecule has 3 heterocycles. The minimum Gasteiger partial charge on any atom is -0.394 e. The van der Waals surface area contributed by atoms with E-state index in [9.17, 15) is 28.5 Å². The van der Waals surface area contributed by atoms with Crippen molar-refractivity contribution >= 4 is 17.0 Å². The molecule has 0 spiro atoms. The van der Waals surface area contributed by atoms with Gasteiger partial charge in [-0.05, 0) is 17.7 Å². The number of fused-ring (bicyclic) bond motifs is 1. The first-order chi connectivity index (χ1) is 14.3. The van der Waals surface area contributed by atoms with Gasteiger partial charge in [-0.15, -0.1) is 0 Å². The van der Waals surface area contributed by atoms with Crippen LogP contribution in [0.15, 0.2) is 36.9 Å². The molecule has 0 bridgehead atoms. The number of aromatic nitrogens is 4. The van der Waals surface area contributed by atoms with E-state index < -0.39 is 42.9 Å². The molecule has 3 aromatic rings. The Hall–Kier alpha value is -2.80. The van der Waals surface area contributed by atoms with Crippen molar-refractivity contribution in [3.63, 3.8) is 0 Å². The average Bonchev–Trinajstić information content (AvgIpc) is 3.27. The first kappa shape index (κ1) is 20.5. The maximum atomic E-state index is 12.9. The van der Waals surface area contributed by atoms with E-state index in [0.29, 0.717) is 11.1 Å². The van der Waals surface area contributed by atoms with E-state index in [0.717, 1.165) is 12.1 Å². The number of nitrogens with zero attached hydrogens (tertiary/aromatic N) is 4. The highest BCUT2D eigenvalue weighted by Gasteiger charge is 2.44. The zero-order valence-corrected chi connectivity index (χ0v) is 15.4. The molecule has 0 aliphatic carbocycles. The third-order valence-electron chi connectivity index (χ3n) is 4.86. The number of rotatable bonds is 5. The monoisotopic (exact) mass is 425 g/mol. The Morgan fingerprint density at radius 3 is 2.63 bits per heavy atom. The molecular formula is C18H18F3N5O4. The summed E-state index contributed by atoms with van der Waals surface area (Å²) in [5.41, 5.74) is 0.247. The van der Waals surface area contributed by atoms with Crippen LogP contribution < -0.4 is 5.32 Å². The van der Waals surface area contributed by atoms with Crippen molar-refractivity contribution in [3.8, 4) is 0 Å². The van der Waals surface area contributed by atoms with Crippen molar-refractivity contribution in [2.45, 2.75) is 37.3 Å². The zero-order chi connectivity index (χ0) is 21.5. The van der Waals surface area contributed by atoms with Crippen LogP contribution in [-0.2, 0) is 17.5 Å². The predicted molar refractivity (Wildman–Crippen MR) is 97.1 cm³/mol. The number of halogens is 3. The number of ether oxygens (including phenoxy) is 1. The fourth-order valence-corrected chi connectivity index (χ4v) is 3.32. The number of hydrogen-bond acceptors (Lipinski definition) is 8. The molecule has 0 saturated carbocycles. The topological polar surface area (TPSA) is 126 Å². The van der Waals surface area contributed by atoms with Gasteiger partial charge in [0, 0.05) is 6.54 Å². The minimum absolute atomic E-state index is 0.0662. The van der Waals surface area contributed by atoms with Gasteiger partial charge in [0.05, 0.1) is 18.5 Å². The maximum Gasteiger partial charge on any atom is 0.416 e. The van der Waals surface area contributed by atoms with Crippen molar-refractivity contribution in [1.82, 2.24) is 19.5 Å². The Bertz CT molecular complexity index is 1040. The molecular weight excluding hydrogens is 407 g/mol. The third-order valence-corrected chi connectivity index (χ3v) is 4.86. The molecule has 9 nitrogen and oxygen atoms in total. The second-order valence-corrected chi connectivity index (χ2v) is 6.83. The Kier molecular flexibility index (Phi) is 5.32. The first-order valence-corrected chi connectivity index (χ1v) is 8.99. The first-order valence-electron chi connectivity index (χ1n) is 8.99. The number of alkyl halides is 3. The molecule has 1 aliphatic heterocycles. The Morgan fingerprint density at radius 1 is 1.13 bits per heavy atom. The van der Waals surface area contributed by atoms with Crippen LogP contribution in [0.25, 0.3) is 11.2 Å². The van der Waals surface area contributed by atoms with Gasteiger partial charge in [-0.25, -0.2) is 15.0 Å². The normalized spacial score (nSPS) is 24.5. The molecule has 160 valence electrons. The van der Waals surface area contributed by atoms with Gasteiger partial charge in [-0.1, -0.05) is 12.1 Å². The summed E-state index contributed by atoms with van der Waals surface area (Å²) in [4.78, 5) is 12.4. The average molecular weight is 425 g/mol. The van der Waals surface area contributed by atoms with E-state index in [1.165, 1.54) is 23.3 Å². The molecule has 0 radical (unpaired) electrons. The van der Waals surface area contributed by atoms with Gasteiger partial charge in [-0.3, -0.25) is 4.57 Å². The van der Waals surface area contributed by atoms with Crippen molar-refractivity contribution in [1.29, 1.82) is 0 Å². The predicted octanol–water partition coefficient (Wildman–Crippen LogP) is 1.07. The molecule has 4 N–H and O–H groups in total. The van der Waals surface area contributed by atoms with Crippen LogP contribution in [0.3, 0.4) is 0 Å². The van der Waals surface area contributed by atoms with Crippen LogP contribution >= 0.6 is 0 Å². The van der Waals surface area contributed by atoms with Crippen LogP contribution in [0, 0.1) is 0 Å². The highest BCUT2D eigenvalue weighted by atomic mass is 19.4. The van der Waals surface area contributed by atoms with Gasteiger partial charge in [0.2, 0.25) is 0 Å². The molecule has 1 aromatic carbocycles. The van der Waals surface area contributed by atoms with Gasteiger partial charge in [0.25, 0.3) is 0 Å². The standard InChI is InChI=1S/C18H18F3N5O4/c19-18(20,21)10-3-1-2-9(4-10)5-22-15-12-16(24-7-23-15)26(8-25-12)17-14(29)13(28)11(6-27)30-17/h1-4,7-8,11,13-14,17,27-29H,5-6H2,(H,22,23,24)/t11-,13+,14-,17-/m1/s1. The van der Waals surface area contributed by atoms with E-state index in [2.05, 4.69) is 20.3 Å². The quantitative estimate of drug-likeness (QED) is 0.478. The van der Waals surface area contributed by atoms with Gasteiger partial charge >= 0.3 is 6.18 Å². The largest absolute Gasteiger partial charge is 0.416 e. The zero-order valence-electron chi connectivity index (χ0n) is 15.4. The van der Waals surface area contributed by atoms with Crippen LogP contribution in [0.2, 0.25) is 0 Å². The lowest BCUT2D eigenvalue weighted by Gasteiger charge is -2.16. The summed E-state index contributed by atoms with van der Waals surface area (Å²) in [5, 5.41) is 32.4. The number of aliphatic hydroxyl groups is 3. The molecule has 30 heavy (non-hydrogen) atoms. The van der Waals surface area contributed by atoms with E-state index in [1.54, 1.807) is 6.07 Å². The lowest BCUT2D eigenvalue weighted by atomic mass is 10.1. The minimum atomic E-state index is -4.43. The van der Waals surface area contributed by atoms with Gasteiger partial charge in [-0.2, -0.15) is 13.2 Å². The number of imidazole rings is 1. The summed E-state index contributed by atoms with van der Waals surface area (Å²) in [5.74, 6) is 0.280. The Morgan fingerprint density at radius 2 is 1.93 bits per heavy atom. The van der Waals surface area contributed by atoms with Crippen LogP contribution in [-0.4, -0.2) is 59.8 Å². The number of nitrogens with one attached hydrogen (secondary N) is 1. The lowest BCUT2D eigenvalue weighted by molar-refractivity contribution is -0.137. The number of anilines is 1. The van der Waals surface area contributed by atoms with Gasteiger partial charge < -0.3 is 25.4 Å². The molecule has 1 saturated heterocycles. The fourth-order valence-electron chi connectivity index (χ4n) is 3.32. The Balaban J connectivity index is 1.57. The summed E-state index contributed by atoms with van der Waals surface area (Å²) in [6.45, 7) is -0.406. The van der Waals surface area contributed by atoms with E-state index in [1.807, 2.05) is 0 Å². The highest BCUT2D eigenvalue weighted by molar-refractivity contribution is 5.82. The van der Waals surface area contributed by atoms with Gasteiger partial charge in [0.1, 0.15) is 24.6 Å². The highest BCUT2D eigenvalue weighted by Crippen LogP contribution is 2.32. The molecule has 1 fully saturated rings. The van der Waals surface area contributed by atoms with Crippen LogP contribution in [0.4, 0.5) is 19.0 Å². The van der Waals surface area contributed by atoms with Crippen LogP contribution in [0.1, 0.15) is 17.4 Å². The van der Waals surface area contributed by atoms with E-state index in [-0.39, 0.29) is 18.0 Å². The van der Waals surface area contributed by atoms with Crippen molar-refractivity contribution in [2.24, 2.45) is 0 Å². The summed E-state index contributed by atoms with van der Waals surface area (Å²) in [7, 11) is 0. The van der Waals surface area contributed by atoms with Crippen molar-refractivity contribution < 1.29 is 33.2 Å². The number of hydrogen-bond donors (Lipinski definition) is 4. The molecule has 4 rings (SSSR count). The summed E-state index contributed by atoms with van der Waals surface area (Å²) in [6, 6.07) is 4.92. The molecule has 12 heteroatoms. The van der Waals surface area contributed by atoms with Crippen molar-refractivity contribution in [2.75, 3.05) is 11.9 Å². The summed E-state index contributed by atoms with van der Waals surface area (Å²) < 4.78 is 45.5. The SMILES string of the molecule is OC[C@H]1O[C@@H](n2cnc3c(NCc4cccc(C(F)(F)F)c4)ncnc32)[C@H](O)[C@H]1O. The molecule has 0 unspecified atom stereocenters. The second kappa shape index (κ2) is 7.80. The molecule has 0 amide bonds. The second-order valence-electron chi connectivity index (χ2n) is 6.83. The van der Waals surface area contributed by atoms with Crippen LogP contribution in [0.5, 0.6) is 0 Å². The number of aliphatic hydroxyl groups excluding tert-OH is 3. The van der Waals surface area contributed by atoms with Crippen molar-refractivity contribution in [3.05, 3.63) is 48.0 Å². The molecule has 1 aliphatic rings. The van der Waals surface area contributed by atoms with E-state index in [4.69, 9.17) is 4.74 Å².